The lowest BCUT2D eigenvalue weighted by molar-refractivity contribution is -0.115. The number of carbonyl (C=O) groups is 2. The van der Waals surface area contributed by atoms with Crippen molar-refractivity contribution in [1.29, 1.82) is 0 Å². The third-order valence-corrected chi connectivity index (χ3v) is 4.76. The number of hydrogen-bond donors (Lipinski definition) is 2. The first kappa shape index (κ1) is 21.2. The van der Waals surface area contributed by atoms with Crippen molar-refractivity contribution in [3.05, 3.63) is 82.9 Å². The Hall–Kier alpha value is -3.51. The molecule has 0 fully saturated rings. The number of nitrogens with one attached hydrogen (secondary N) is 2. The lowest BCUT2D eigenvalue weighted by Crippen LogP contribution is -2.16. The Kier molecular flexibility index (Phi) is 6.93. The average molecular weight is 425 g/mol. The molecule has 0 saturated heterocycles. The van der Waals surface area contributed by atoms with E-state index in [1.165, 1.54) is 14.2 Å². The van der Waals surface area contributed by atoms with E-state index in [1.54, 1.807) is 54.6 Å². The molecule has 3 aromatic rings. The minimum absolute atomic E-state index is 0.109. The molecule has 3 rings (SSSR count). The molecule has 154 valence electrons. The van der Waals surface area contributed by atoms with Gasteiger partial charge in [-0.15, -0.1) is 0 Å². The Morgan fingerprint density at radius 3 is 2.00 bits per heavy atom. The predicted octanol–water partition coefficient (Wildman–Crippen LogP) is 4.79. The number of rotatable bonds is 7. The molecule has 30 heavy (non-hydrogen) atoms. The fraction of sp³-hybridized carbons (Fsp3) is 0.130. The molecular formula is C23H21ClN2O4. The van der Waals surface area contributed by atoms with Gasteiger partial charge in [0, 0.05) is 22.7 Å². The van der Waals surface area contributed by atoms with Crippen LogP contribution in [0, 0.1) is 0 Å². The lowest BCUT2D eigenvalue weighted by atomic mass is 10.1. The number of carbonyl (C=O) groups excluding carboxylic acids is 2. The van der Waals surface area contributed by atoms with Crippen LogP contribution in [0.15, 0.2) is 66.7 Å². The molecule has 0 spiro atoms. The van der Waals surface area contributed by atoms with Crippen molar-refractivity contribution in [1.82, 2.24) is 0 Å². The third-order valence-electron chi connectivity index (χ3n) is 4.39. The van der Waals surface area contributed by atoms with Crippen LogP contribution in [-0.2, 0) is 11.2 Å². The highest BCUT2D eigenvalue weighted by Crippen LogP contribution is 2.36. The molecule has 3 aromatic carbocycles. The number of amides is 2. The molecule has 0 aromatic heterocycles. The van der Waals surface area contributed by atoms with Gasteiger partial charge in [0.1, 0.15) is 11.5 Å². The number of halogens is 1. The summed E-state index contributed by atoms with van der Waals surface area (Å²) in [4.78, 5) is 25.0. The van der Waals surface area contributed by atoms with Crippen LogP contribution >= 0.6 is 11.6 Å². The van der Waals surface area contributed by atoms with Crippen molar-refractivity contribution < 1.29 is 19.1 Å². The summed E-state index contributed by atoms with van der Waals surface area (Å²) in [5.41, 5.74) is 2.07. The Morgan fingerprint density at radius 2 is 1.40 bits per heavy atom. The molecule has 2 N–H and O–H groups in total. The molecule has 0 heterocycles. The van der Waals surface area contributed by atoms with Gasteiger partial charge in [-0.2, -0.15) is 0 Å². The normalized spacial score (nSPS) is 10.2. The minimum Gasteiger partial charge on any atom is -0.494 e. The number of methoxy groups -OCH3 is 2. The summed E-state index contributed by atoms with van der Waals surface area (Å²) in [5, 5.41) is 6.14. The van der Waals surface area contributed by atoms with Gasteiger partial charge in [0.05, 0.1) is 32.0 Å². The van der Waals surface area contributed by atoms with Crippen LogP contribution in [-0.4, -0.2) is 26.0 Å². The van der Waals surface area contributed by atoms with Crippen molar-refractivity contribution in [2.24, 2.45) is 0 Å². The second-order valence-electron chi connectivity index (χ2n) is 6.39. The zero-order valence-electron chi connectivity index (χ0n) is 16.6. The Morgan fingerprint density at radius 1 is 0.833 bits per heavy atom. The summed E-state index contributed by atoms with van der Waals surface area (Å²) in [6, 6.07) is 19.2. The van der Waals surface area contributed by atoms with E-state index < -0.39 is 0 Å². The lowest BCUT2D eigenvalue weighted by Gasteiger charge is -2.16. The van der Waals surface area contributed by atoms with E-state index in [9.17, 15) is 9.59 Å². The molecule has 0 aliphatic heterocycles. The van der Waals surface area contributed by atoms with Crippen LogP contribution in [0.3, 0.4) is 0 Å². The molecule has 0 atom stereocenters. The number of benzene rings is 3. The molecule has 6 nitrogen and oxygen atoms in total. The first-order valence-electron chi connectivity index (χ1n) is 9.17. The predicted molar refractivity (Wildman–Crippen MR) is 118 cm³/mol. The molecule has 0 radical (unpaired) electrons. The van der Waals surface area contributed by atoms with Crippen LogP contribution < -0.4 is 20.1 Å². The fourth-order valence-corrected chi connectivity index (χ4v) is 3.09. The summed E-state index contributed by atoms with van der Waals surface area (Å²) < 4.78 is 10.8. The summed E-state index contributed by atoms with van der Waals surface area (Å²) in [6.45, 7) is 0. The number of ether oxygens (including phenoxy) is 2. The molecule has 2 amide bonds. The van der Waals surface area contributed by atoms with Crippen LogP contribution in [0.2, 0.25) is 5.02 Å². The van der Waals surface area contributed by atoms with E-state index in [0.29, 0.717) is 39.0 Å². The molecule has 0 saturated carbocycles. The maximum absolute atomic E-state index is 12.5. The summed E-state index contributed by atoms with van der Waals surface area (Å²) in [7, 11) is 2.96. The summed E-state index contributed by atoms with van der Waals surface area (Å²) in [6.07, 6.45) is 0.109. The summed E-state index contributed by atoms with van der Waals surface area (Å²) in [5.74, 6) is 0.218. The average Bonchev–Trinajstić information content (AvgIpc) is 2.76. The maximum atomic E-state index is 12.5. The van der Waals surface area contributed by atoms with E-state index in [1.807, 2.05) is 12.1 Å². The van der Waals surface area contributed by atoms with Crippen LogP contribution in [0.25, 0.3) is 0 Å². The van der Waals surface area contributed by atoms with E-state index in [2.05, 4.69) is 10.6 Å². The van der Waals surface area contributed by atoms with Gasteiger partial charge in [0.15, 0.2) is 0 Å². The zero-order chi connectivity index (χ0) is 21.5. The van der Waals surface area contributed by atoms with Crippen LogP contribution in [0.4, 0.5) is 11.4 Å². The Balaban J connectivity index is 1.81. The van der Waals surface area contributed by atoms with Gasteiger partial charge in [0.2, 0.25) is 5.91 Å². The number of hydrogen-bond acceptors (Lipinski definition) is 4. The first-order chi connectivity index (χ1) is 14.5. The monoisotopic (exact) mass is 424 g/mol. The van der Waals surface area contributed by atoms with Gasteiger partial charge in [-0.1, -0.05) is 48.0 Å². The number of anilines is 2. The van der Waals surface area contributed by atoms with Gasteiger partial charge in [-0.05, 0) is 23.8 Å². The van der Waals surface area contributed by atoms with E-state index in [4.69, 9.17) is 21.1 Å². The standard InChI is InChI=1S/C23H21ClN2O4/c1-29-20-14-19(26-23(28)15-8-4-3-5-9-15)21(30-2)13-18(20)25-22(27)12-16-10-6-7-11-17(16)24/h3-11,13-14H,12H2,1-2H3,(H,25,27)(H,26,28). The van der Waals surface area contributed by atoms with Crippen molar-refractivity contribution in [3.8, 4) is 11.5 Å². The molecule has 7 heteroatoms. The van der Waals surface area contributed by atoms with Crippen molar-refractivity contribution >= 4 is 34.8 Å². The zero-order valence-corrected chi connectivity index (χ0v) is 17.3. The van der Waals surface area contributed by atoms with Crippen molar-refractivity contribution in [2.45, 2.75) is 6.42 Å². The molecule has 0 unspecified atom stereocenters. The maximum Gasteiger partial charge on any atom is 0.255 e. The molecular weight excluding hydrogens is 404 g/mol. The van der Waals surface area contributed by atoms with Gasteiger partial charge < -0.3 is 20.1 Å². The van der Waals surface area contributed by atoms with Crippen LogP contribution in [0.1, 0.15) is 15.9 Å². The topological polar surface area (TPSA) is 76.7 Å². The van der Waals surface area contributed by atoms with Gasteiger partial charge >= 0.3 is 0 Å². The van der Waals surface area contributed by atoms with Gasteiger partial charge in [-0.25, -0.2) is 0 Å². The highest BCUT2D eigenvalue weighted by molar-refractivity contribution is 6.31. The SMILES string of the molecule is COc1cc(NC(=O)c2ccccc2)c(OC)cc1NC(=O)Cc1ccccc1Cl. The molecule has 0 aliphatic rings. The van der Waals surface area contributed by atoms with Crippen molar-refractivity contribution in [3.63, 3.8) is 0 Å². The van der Waals surface area contributed by atoms with Crippen molar-refractivity contribution in [2.75, 3.05) is 24.9 Å². The second-order valence-corrected chi connectivity index (χ2v) is 6.80. The Bertz CT molecular complexity index is 1050. The van der Waals surface area contributed by atoms with Gasteiger partial charge in [0.25, 0.3) is 5.91 Å². The highest BCUT2D eigenvalue weighted by Gasteiger charge is 2.16. The van der Waals surface area contributed by atoms with Gasteiger partial charge in [-0.3, -0.25) is 9.59 Å². The molecule has 0 aliphatic carbocycles. The fourth-order valence-electron chi connectivity index (χ4n) is 2.89. The van der Waals surface area contributed by atoms with E-state index in [-0.39, 0.29) is 18.2 Å². The third kappa shape index (κ3) is 5.10. The van der Waals surface area contributed by atoms with Crippen LogP contribution in [0.5, 0.6) is 11.5 Å². The highest BCUT2D eigenvalue weighted by atomic mass is 35.5. The Labute approximate surface area is 179 Å². The smallest absolute Gasteiger partial charge is 0.255 e. The minimum atomic E-state index is -0.286. The second kappa shape index (κ2) is 9.80. The first-order valence-corrected chi connectivity index (χ1v) is 9.55. The largest absolute Gasteiger partial charge is 0.494 e. The van der Waals surface area contributed by atoms with E-state index in [0.717, 1.165) is 0 Å². The quantitative estimate of drug-likeness (QED) is 0.571. The summed E-state index contributed by atoms with van der Waals surface area (Å²) >= 11 is 6.13. The molecule has 0 bridgehead atoms. The van der Waals surface area contributed by atoms with E-state index >= 15 is 0 Å².